The summed E-state index contributed by atoms with van der Waals surface area (Å²) in [5.74, 6) is 0.101. The number of ether oxygens (including phenoxy) is 1. The van der Waals surface area contributed by atoms with E-state index >= 15 is 0 Å². The number of rotatable bonds is 6. The standard InChI is InChI=1S/C35H31ClN4O3/c1-23-9-4-6-12-27(23)28-18-33(43-3)29(17-30(28)36)34(41)40-22-26-14-15-32(39(26)21-25-11-5-7-13-31(25)40)35(42)38(2)20-24-10-8-16-37-19-24/h4-19H,20-22H2,1-3H3. The van der Waals surface area contributed by atoms with Gasteiger partial charge >= 0.3 is 0 Å². The first-order chi connectivity index (χ1) is 20.9. The number of aromatic nitrogens is 2. The average Bonchev–Trinajstić information content (AvgIpc) is 3.33. The second-order valence-corrected chi connectivity index (χ2v) is 11.1. The van der Waals surface area contributed by atoms with Gasteiger partial charge in [0, 0.05) is 48.0 Å². The Morgan fingerprint density at radius 2 is 1.74 bits per heavy atom. The van der Waals surface area contributed by atoms with Gasteiger partial charge in [-0.2, -0.15) is 0 Å². The second-order valence-electron chi connectivity index (χ2n) is 10.7. The minimum atomic E-state index is -0.237. The zero-order valence-electron chi connectivity index (χ0n) is 24.3. The highest BCUT2D eigenvalue weighted by Crippen LogP contribution is 2.38. The van der Waals surface area contributed by atoms with Crippen molar-refractivity contribution >= 4 is 29.1 Å². The molecule has 0 radical (unpaired) electrons. The lowest BCUT2D eigenvalue weighted by molar-refractivity contribution is 0.0774. The van der Waals surface area contributed by atoms with Crippen LogP contribution in [0.1, 0.15) is 43.2 Å². The third-order valence-corrected chi connectivity index (χ3v) is 8.22. The molecule has 2 amide bonds. The Morgan fingerprint density at radius 3 is 2.51 bits per heavy atom. The van der Waals surface area contributed by atoms with Crippen LogP contribution in [-0.4, -0.2) is 40.4 Å². The van der Waals surface area contributed by atoms with Gasteiger partial charge in [0.15, 0.2) is 0 Å². The first-order valence-electron chi connectivity index (χ1n) is 14.0. The van der Waals surface area contributed by atoms with Crippen LogP contribution in [0.5, 0.6) is 5.75 Å². The highest BCUT2D eigenvalue weighted by Gasteiger charge is 2.30. The van der Waals surface area contributed by atoms with Crippen LogP contribution in [0.15, 0.2) is 97.3 Å². The molecular weight excluding hydrogens is 560 g/mol. The van der Waals surface area contributed by atoms with Crippen molar-refractivity contribution in [2.75, 3.05) is 19.1 Å². The summed E-state index contributed by atoms with van der Waals surface area (Å²) in [6, 6.07) is 26.8. The Kier molecular flexibility index (Phi) is 7.74. The van der Waals surface area contributed by atoms with Crippen molar-refractivity contribution in [2.24, 2.45) is 0 Å². The Hall–Kier alpha value is -4.88. The third kappa shape index (κ3) is 5.40. The summed E-state index contributed by atoms with van der Waals surface area (Å²) in [4.78, 5) is 35.5. The fourth-order valence-corrected chi connectivity index (χ4v) is 5.94. The minimum absolute atomic E-state index is 0.104. The summed E-state index contributed by atoms with van der Waals surface area (Å²) in [5, 5.41) is 0.467. The molecule has 0 fully saturated rings. The molecule has 8 heteroatoms. The van der Waals surface area contributed by atoms with Crippen molar-refractivity contribution in [1.82, 2.24) is 14.5 Å². The summed E-state index contributed by atoms with van der Waals surface area (Å²) in [7, 11) is 3.34. The molecule has 1 aliphatic heterocycles. The van der Waals surface area contributed by atoms with E-state index in [1.165, 1.54) is 0 Å². The van der Waals surface area contributed by atoms with Gasteiger partial charge in [-0.3, -0.25) is 14.6 Å². The van der Waals surface area contributed by atoms with Crippen molar-refractivity contribution in [1.29, 1.82) is 0 Å². The van der Waals surface area contributed by atoms with Crippen molar-refractivity contribution in [3.8, 4) is 16.9 Å². The summed E-state index contributed by atoms with van der Waals surface area (Å²) >= 11 is 6.81. The molecule has 0 saturated carbocycles. The summed E-state index contributed by atoms with van der Waals surface area (Å²) < 4.78 is 7.75. The maximum Gasteiger partial charge on any atom is 0.270 e. The van der Waals surface area contributed by atoms with E-state index in [2.05, 4.69) is 4.98 Å². The zero-order chi connectivity index (χ0) is 30.1. The number of benzene rings is 3. The van der Waals surface area contributed by atoms with Crippen molar-refractivity contribution in [3.05, 3.63) is 136 Å². The van der Waals surface area contributed by atoms with Crippen LogP contribution in [0.4, 0.5) is 5.69 Å². The predicted molar refractivity (Wildman–Crippen MR) is 169 cm³/mol. The number of hydrogen-bond donors (Lipinski definition) is 0. The molecule has 0 N–H and O–H groups in total. The number of anilines is 1. The lowest BCUT2D eigenvalue weighted by Crippen LogP contribution is -2.31. The number of nitrogens with zero attached hydrogens (tertiary/aromatic N) is 4. The number of carbonyl (C=O) groups is 2. The Balaban J connectivity index is 1.36. The van der Waals surface area contributed by atoms with Gasteiger partial charge in [0.2, 0.25) is 0 Å². The normalized spacial score (nSPS) is 12.2. The van der Waals surface area contributed by atoms with Gasteiger partial charge in [-0.25, -0.2) is 0 Å². The number of hydrogen-bond acceptors (Lipinski definition) is 4. The number of fused-ring (bicyclic) bond motifs is 2. The van der Waals surface area contributed by atoms with Gasteiger partial charge in [-0.15, -0.1) is 0 Å². The number of pyridine rings is 1. The molecule has 43 heavy (non-hydrogen) atoms. The molecule has 216 valence electrons. The molecule has 3 heterocycles. The quantitative estimate of drug-likeness (QED) is 0.213. The Bertz CT molecular complexity index is 1830. The molecule has 3 aromatic carbocycles. The molecule has 0 aliphatic carbocycles. The van der Waals surface area contributed by atoms with Crippen LogP contribution in [-0.2, 0) is 19.6 Å². The number of carbonyl (C=O) groups excluding carboxylic acids is 2. The molecule has 2 aromatic heterocycles. The number of aryl methyl sites for hydroxylation is 1. The molecule has 1 aliphatic rings. The SMILES string of the molecule is COc1cc(-c2ccccc2C)c(Cl)cc1C(=O)N1Cc2ccc(C(=O)N(C)Cc3cccnc3)n2Cc2ccccc21. The van der Waals surface area contributed by atoms with E-state index in [9.17, 15) is 9.59 Å². The first kappa shape index (κ1) is 28.2. The number of methoxy groups -OCH3 is 1. The fraction of sp³-hybridized carbons (Fsp3) is 0.171. The van der Waals surface area contributed by atoms with Crippen LogP contribution in [0, 0.1) is 6.92 Å². The van der Waals surface area contributed by atoms with Crippen LogP contribution in [0.3, 0.4) is 0 Å². The molecule has 7 nitrogen and oxygen atoms in total. The van der Waals surface area contributed by atoms with E-state index in [1.807, 2.05) is 90.4 Å². The van der Waals surface area contributed by atoms with Gasteiger partial charge in [-0.05, 0) is 65.6 Å². The number of amides is 2. The third-order valence-electron chi connectivity index (χ3n) is 7.91. The fourth-order valence-electron chi connectivity index (χ4n) is 5.68. The molecule has 0 unspecified atom stereocenters. The average molecular weight is 591 g/mol. The molecule has 0 saturated heterocycles. The molecule has 0 spiro atoms. The molecule has 5 aromatic rings. The smallest absolute Gasteiger partial charge is 0.270 e. The highest BCUT2D eigenvalue weighted by molar-refractivity contribution is 6.34. The van der Waals surface area contributed by atoms with Gasteiger partial charge < -0.3 is 19.1 Å². The van der Waals surface area contributed by atoms with E-state index in [-0.39, 0.29) is 18.4 Å². The second kappa shape index (κ2) is 11.8. The van der Waals surface area contributed by atoms with Crippen molar-refractivity contribution in [2.45, 2.75) is 26.6 Å². The van der Waals surface area contributed by atoms with E-state index in [4.69, 9.17) is 16.3 Å². The highest BCUT2D eigenvalue weighted by atomic mass is 35.5. The summed E-state index contributed by atoms with van der Waals surface area (Å²) in [6.07, 6.45) is 3.47. The van der Waals surface area contributed by atoms with E-state index < -0.39 is 0 Å². The maximum atomic E-state index is 14.3. The van der Waals surface area contributed by atoms with Crippen molar-refractivity contribution in [3.63, 3.8) is 0 Å². The molecule has 0 atom stereocenters. The Morgan fingerprint density at radius 1 is 0.953 bits per heavy atom. The zero-order valence-corrected chi connectivity index (χ0v) is 25.0. The largest absolute Gasteiger partial charge is 0.496 e. The predicted octanol–water partition coefficient (Wildman–Crippen LogP) is 7.00. The topological polar surface area (TPSA) is 67.7 Å². The first-order valence-corrected chi connectivity index (χ1v) is 14.4. The van der Waals surface area contributed by atoms with Crippen LogP contribution < -0.4 is 9.64 Å². The van der Waals surface area contributed by atoms with Gasteiger partial charge in [0.05, 0.1) is 25.8 Å². The van der Waals surface area contributed by atoms with Crippen LogP contribution in [0.2, 0.25) is 5.02 Å². The number of para-hydroxylation sites is 1. The van der Waals surface area contributed by atoms with Gasteiger partial charge in [0.1, 0.15) is 11.4 Å². The lowest BCUT2D eigenvalue weighted by atomic mass is 9.98. The van der Waals surface area contributed by atoms with E-state index in [1.54, 1.807) is 42.4 Å². The lowest BCUT2D eigenvalue weighted by Gasteiger charge is -2.24. The van der Waals surface area contributed by atoms with E-state index in [0.717, 1.165) is 39.2 Å². The molecule has 6 rings (SSSR count). The summed E-state index contributed by atoms with van der Waals surface area (Å²) in [5.41, 5.74) is 7.29. The van der Waals surface area contributed by atoms with Gasteiger partial charge in [-0.1, -0.05) is 60.1 Å². The summed E-state index contributed by atoms with van der Waals surface area (Å²) in [6.45, 7) is 3.19. The van der Waals surface area contributed by atoms with Crippen molar-refractivity contribution < 1.29 is 14.3 Å². The van der Waals surface area contributed by atoms with Crippen LogP contribution >= 0.6 is 11.6 Å². The maximum absolute atomic E-state index is 14.3. The molecular formula is C35H31ClN4O3. The molecule has 0 bridgehead atoms. The van der Waals surface area contributed by atoms with Crippen LogP contribution in [0.25, 0.3) is 11.1 Å². The minimum Gasteiger partial charge on any atom is -0.496 e. The monoisotopic (exact) mass is 590 g/mol. The van der Waals surface area contributed by atoms with E-state index in [0.29, 0.717) is 35.1 Å². The van der Waals surface area contributed by atoms with Gasteiger partial charge in [0.25, 0.3) is 11.8 Å². The number of halogens is 1. The Labute approximate surface area is 255 Å².